The zero-order valence-corrected chi connectivity index (χ0v) is 23.4. The SMILES string of the molecule is CCOC(=O)N1CCC(c2nc(-c3cccc4[nH]ccc34)nc(N3CCOCC3)c2OCC)(S(C)(=O)=O)CC1. The molecule has 0 atom stereocenters. The number of carbonyl (C=O) groups is 1. The maximum absolute atomic E-state index is 13.7. The van der Waals surface area contributed by atoms with Crippen LogP contribution in [0.2, 0.25) is 0 Å². The molecule has 12 heteroatoms. The van der Waals surface area contributed by atoms with Crippen molar-refractivity contribution in [3.8, 4) is 17.1 Å². The Kier molecular flexibility index (Phi) is 7.68. The van der Waals surface area contributed by atoms with Gasteiger partial charge in [-0.2, -0.15) is 0 Å². The first-order valence-electron chi connectivity index (χ1n) is 13.3. The molecule has 0 radical (unpaired) electrons. The van der Waals surface area contributed by atoms with Crippen molar-refractivity contribution in [3.05, 3.63) is 36.2 Å². The predicted octanol–water partition coefficient (Wildman–Crippen LogP) is 3.35. The molecule has 3 aromatic rings. The third-order valence-corrected chi connectivity index (χ3v) is 9.54. The van der Waals surface area contributed by atoms with Gasteiger partial charge in [0.15, 0.2) is 27.2 Å². The third-order valence-electron chi connectivity index (χ3n) is 7.52. The molecule has 2 fully saturated rings. The number of fused-ring (bicyclic) bond motifs is 1. The fourth-order valence-corrected chi connectivity index (χ4v) is 6.88. The number of rotatable bonds is 7. The molecule has 2 aromatic heterocycles. The van der Waals surface area contributed by atoms with Gasteiger partial charge >= 0.3 is 6.09 Å². The number of nitrogens with one attached hydrogen (secondary N) is 1. The number of hydrogen-bond donors (Lipinski definition) is 1. The highest BCUT2D eigenvalue weighted by atomic mass is 32.2. The Morgan fingerprint density at radius 2 is 1.82 bits per heavy atom. The molecule has 4 heterocycles. The monoisotopic (exact) mass is 557 g/mol. The van der Waals surface area contributed by atoms with Crippen molar-refractivity contribution >= 4 is 32.7 Å². The van der Waals surface area contributed by atoms with Crippen LogP contribution < -0.4 is 9.64 Å². The number of nitrogens with zero attached hydrogens (tertiary/aromatic N) is 4. The number of H-pyrrole nitrogens is 1. The minimum Gasteiger partial charge on any atom is -0.488 e. The number of amides is 1. The summed E-state index contributed by atoms with van der Waals surface area (Å²) in [5, 5.41) is 0.936. The number of aromatic nitrogens is 3. The Bertz CT molecular complexity index is 1440. The summed E-state index contributed by atoms with van der Waals surface area (Å²) in [4.78, 5) is 29.3. The van der Waals surface area contributed by atoms with Gasteiger partial charge < -0.3 is 29.0 Å². The molecule has 1 N–H and O–H groups in total. The lowest BCUT2D eigenvalue weighted by Crippen LogP contribution is -2.49. The number of hydrogen-bond acceptors (Lipinski definition) is 9. The van der Waals surface area contributed by atoms with Gasteiger partial charge in [-0.25, -0.2) is 23.2 Å². The minimum atomic E-state index is -3.72. The molecule has 0 aliphatic carbocycles. The summed E-state index contributed by atoms with van der Waals surface area (Å²) in [6.45, 7) is 6.85. The molecule has 2 aliphatic heterocycles. The highest BCUT2D eigenvalue weighted by Crippen LogP contribution is 2.47. The van der Waals surface area contributed by atoms with Crippen LogP contribution >= 0.6 is 0 Å². The number of carbonyl (C=O) groups excluding carboxylic acids is 1. The van der Waals surface area contributed by atoms with E-state index in [2.05, 4.69) is 9.88 Å². The van der Waals surface area contributed by atoms with Crippen molar-refractivity contribution in [1.82, 2.24) is 19.9 Å². The first kappa shape index (κ1) is 27.2. The normalized spacial score (nSPS) is 17.8. The van der Waals surface area contributed by atoms with Gasteiger partial charge in [0.2, 0.25) is 0 Å². The lowest BCUT2D eigenvalue weighted by molar-refractivity contribution is 0.0934. The predicted molar refractivity (Wildman–Crippen MR) is 148 cm³/mol. The number of morpholine rings is 1. The Balaban J connectivity index is 1.72. The van der Waals surface area contributed by atoms with Crippen LogP contribution in [0.15, 0.2) is 30.5 Å². The summed E-state index contributed by atoms with van der Waals surface area (Å²) in [6.07, 6.45) is 2.98. The van der Waals surface area contributed by atoms with E-state index in [4.69, 9.17) is 24.2 Å². The average Bonchev–Trinajstić information content (AvgIpc) is 3.43. The molecule has 0 bridgehead atoms. The molecule has 0 saturated carbocycles. The number of aromatic amines is 1. The van der Waals surface area contributed by atoms with Crippen LogP contribution in [0.3, 0.4) is 0 Å². The van der Waals surface area contributed by atoms with Crippen LogP contribution in [0.5, 0.6) is 5.75 Å². The van der Waals surface area contributed by atoms with Gasteiger partial charge in [-0.1, -0.05) is 12.1 Å². The van der Waals surface area contributed by atoms with Crippen molar-refractivity contribution in [1.29, 1.82) is 0 Å². The molecular weight excluding hydrogens is 522 g/mol. The van der Waals surface area contributed by atoms with Crippen molar-refractivity contribution in [2.45, 2.75) is 31.4 Å². The van der Waals surface area contributed by atoms with E-state index in [1.54, 1.807) is 11.8 Å². The van der Waals surface area contributed by atoms with Gasteiger partial charge in [0.05, 0.1) is 26.4 Å². The molecular formula is C27H35N5O6S. The summed E-state index contributed by atoms with van der Waals surface area (Å²) in [5.74, 6) is 1.36. The number of sulfone groups is 1. The second-order valence-corrected chi connectivity index (χ2v) is 12.1. The molecule has 5 rings (SSSR count). The molecule has 1 aromatic carbocycles. The molecule has 2 saturated heterocycles. The van der Waals surface area contributed by atoms with Crippen LogP contribution in [0.1, 0.15) is 32.4 Å². The van der Waals surface area contributed by atoms with Crippen molar-refractivity contribution < 1.29 is 27.4 Å². The first-order valence-corrected chi connectivity index (χ1v) is 15.2. The summed E-state index contributed by atoms with van der Waals surface area (Å²) < 4.78 is 42.9. The summed E-state index contributed by atoms with van der Waals surface area (Å²) in [5.41, 5.74) is 2.06. The summed E-state index contributed by atoms with van der Waals surface area (Å²) in [6, 6.07) is 7.80. The second-order valence-electron chi connectivity index (χ2n) is 9.78. The van der Waals surface area contributed by atoms with E-state index in [1.807, 2.05) is 37.4 Å². The number of benzene rings is 1. The average molecular weight is 558 g/mol. The standard InChI is InChI=1S/C27H35N5O6S/c1-4-37-22-23(27(39(3,34)35)10-13-32(14-11-27)26(33)38-5-2)29-24(30-25(22)31-15-17-36-18-16-31)20-7-6-8-21-19(20)9-12-28-21/h6-9,12,28H,4-5,10-11,13-18H2,1-3H3. The molecule has 2 aliphatic rings. The van der Waals surface area contributed by atoms with Crippen LogP contribution in [-0.4, -0.2) is 93.2 Å². The summed E-state index contributed by atoms with van der Waals surface area (Å²) in [7, 11) is -3.72. The van der Waals surface area contributed by atoms with Crippen LogP contribution in [0.4, 0.5) is 10.6 Å². The minimum absolute atomic E-state index is 0.165. The van der Waals surface area contributed by atoms with E-state index in [0.717, 1.165) is 16.5 Å². The van der Waals surface area contributed by atoms with Crippen LogP contribution in [-0.2, 0) is 24.1 Å². The van der Waals surface area contributed by atoms with E-state index in [0.29, 0.717) is 56.0 Å². The summed E-state index contributed by atoms with van der Waals surface area (Å²) >= 11 is 0. The fourth-order valence-electron chi connectivity index (χ4n) is 5.46. The molecule has 1 amide bonds. The lowest BCUT2D eigenvalue weighted by Gasteiger charge is -2.41. The van der Waals surface area contributed by atoms with Gasteiger partial charge in [0, 0.05) is 55.1 Å². The molecule has 0 unspecified atom stereocenters. The quantitative estimate of drug-likeness (QED) is 0.465. The topological polar surface area (TPSA) is 127 Å². The number of likely N-dealkylation sites (tertiary alicyclic amines) is 1. The molecule has 210 valence electrons. The highest BCUT2D eigenvalue weighted by molar-refractivity contribution is 7.91. The highest BCUT2D eigenvalue weighted by Gasteiger charge is 2.50. The van der Waals surface area contributed by atoms with E-state index in [-0.39, 0.29) is 32.5 Å². The maximum Gasteiger partial charge on any atom is 0.409 e. The van der Waals surface area contributed by atoms with Crippen molar-refractivity contribution in [3.63, 3.8) is 0 Å². The van der Waals surface area contributed by atoms with Gasteiger partial charge in [-0.15, -0.1) is 0 Å². The number of piperidine rings is 1. The molecule has 39 heavy (non-hydrogen) atoms. The van der Waals surface area contributed by atoms with Gasteiger partial charge in [0.1, 0.15) is 10.4 Å². The first-order chi connectivity index (χ1) is 18.8. The Hall–Kier alpha value is -3.38. The largest absolute Gasteiger partial charge is 0.488 e. The van der Waals surface area contributed by atoms with Gasteiger partial charge in [-0.3, -0.25) is 0 Å². The fraction of sp³-hybridized carbons (Fsp3) is 0.519. The van der Waals surface area contributed by atoms with E-state index in [1.165, 1.54) is 6.26 Å². The Labute approximate surface area is 228 Å². The maximum atomic E-state index is 13.7. The van der Waals surface area contributed by atoms with Crippen molar-refractivity contribution in [2.24, 2.45) is 0 Å². The zero-order chi connectivity index (χ0) is 27.6. The van der Waals surface area contributed by atoms with Crippen molar-refractivity contribution in [2.75, 3.05) is 63.8 Å². The van der Waals surface area contributed by atoms with Gasteiger partial charge in [-0.05, 0) is 38.8 Å². The van der Waals surface area contributed by atoms with E-state index >= 15 is 0 Å². The third kappa shape index (κ3) is 5.03. The second kappa shape index (κ2) is 11.0. The Morgan fingerprint density at radius 3 is 2.49 bits per heavy atom. The van der Waals surface area contributed by atoms with Crippen LogP contribution in [0.25, 0.3) is 22.3 Å². The lowest BCUT2D eigenvalue weighted by atomic mass is 9.91. The molecule has 11 nitrogen and oxygen atoms in total. The number of anilines is 1. The Morgan fingerprint density at radius 1 is 1.08 bits per heavy atom. The van der Waals surface area contributed by atoms with Crippen LogP contribution in [0, 0.1) is 0 Å². The number of ether oxygens (including phenoxy) is 3. The molecule has 0 spiro atoms. The zero-order valence-electron chi connectivity index (χ0n) is 22.6. The van der Waals surface area contributed by atoms with E-state index < -0.39 is 20.7 Å². The van der Waals surface area contributed by atoms with E-state index in [9.17, 15) is 13.2 Å². The smallest absolute Gasteiger partial charge is 0.409 e. The van der Waals surface area contributed by atoms with Gasteiger partial charge in [0.25, 0.3) is 0 Å².